The highest BCUT2D eigenvalue weighted by molar-refractivity contribution is 7.89. The molecule has 0 bridgehead atoms. The van der Waals surface area contributed by atoms with E-state index in [-0.39, 0.29) is 29.2 Å². The topological polar surface area (TPSA) is 110 Å². The lowest BCUT2D eigenvalue weighted by Gasteiger charge is -2.35. The lowest BCUT2D eigenvalue weighted by molar-refractivity contribution is -0.133. The molecule has 2 saturated heterocycles. The van der Waals surface area contributed by atoms with Crippen molar-refractivity contribution in [3.8, 4) is 0 Å². The van der Waals surface area contributed by atoms with Gasteiger partial charge in [-0.15, -0.1) is 0 Å². The number of likely N-dealkylation sites (tertiary alicyclic amines) is 2. The standard InChI is InChI=1S/C34H49ClN4O5S/c1-25-6-9-30(23-32(25)35)39(33(42)29-14-20-38(21-15-29)26(2)41)17-5-16-37-18-12-28(13-19-37)22-27-7-10-31(11-8-27)45(43,44)36-34(3,4)24-40/h6-11,23,28-29,36,40H,5,12-22,24H2,1-4H3. The maximum absolute atomic E-state index is 13.7. The van der Waals surface area contributed by atoms with Gasteiger partial charge in [-0.25, -0.2) is 13.1 Å². The summed E-state index contributed by atoms with van der Waals surface area (Å²) in [6.45, 7) is 11.3. The lowest BCUT2D eigenvalue weighted by atomic mass is 9.90. The van der Waals surface area contributed by atoms with Crippen molar-refractivity contribution in [3.63, 3.8) is 0 Å². The predicted molar refractivity (Wildman–Crippen MR) is 179 cm³/mol. The molecule has 0 unspecified atom stereocenters. The van der Waals surface area contributed by atoms with Crippen molar-refractivity contribution in [1.82, 2.24) is 14.5 Å². The molecule has 2 aromatic rings. The smallest absolute Gasteiger partial charge is 0.241 e. The van der Waals surface area contributed by atoms with Crippen molar-refractivity contribution in [2.24, 2.45) is 11.8 Å². The Morgan fingerprint density at radius 3 is 2.24 bits per heavy atom. The number of hydrogen-bond acceptors (Lipinski definition) is 6. The Kier molecular flexibility index (Phi) is 12.1. The van der Waals surface area contributed by atoms with Crippen LogP contribution in [0.5, 0.6) is 0 Å². The van der Waals surface area contributed by atoms with Crippen LogP contribution in [0.1, 0.15) is 64.0 Å². The number of nitrogens with zero attached hydrogens (tertiary/aromatic N) is 3. The minimum atomic E-state index is -3.70. The highest BCUT2D eigenvalue weighted by Gasteiger charge is 2.31. The predicted octanol–water partition coefficient (Wildman–Crippen LogP) is 4.63. The number of carbonyl (C=O) groups is 2. The Morgan fingerprint density at radius 1 is 1.02 bits per heavy atom. The Morgan fingerprint density at radius 2 is 1.67 bits per heavy atom. The summed E-state index contributed by atoms with van der Waals surface area (Å²) in [5.41, 5.74) is 2.00. The minimum absolute atomic E-state index is 0.0623. The third kappa shape index (κ3) is 9.75. The number of anilines is 1. The zero-order valence-electron chi connectivity index (χ0n) is 27.1. The first kappa shape index (κ1) is 35.4. The van der Waals surface area contributed by atoms with E-state index in [1.54, 1.807) is 32.9 Å². The number of nitrogens with one attached hydrogen (secondary N) is 1. The van der Waals surface area contributed by atoms with Crippen LogP contribution in [0, 0.1) is 18.8 Å². The Balaban J connectivity index is 1.28. The molecule has 0 atom stereocenters. The van der Waals surface area contributed by atoms with E-state index in [1.165, 1.54) is 0 Å². The van der Waals surface area contributed by atoms with Gasteiger partial charge >= 0.3 is 0 Å². The molecule has 0 saturated carbocycles. The van der Waals surface area contributed by atoms with Gasteiger partial charge in [0.15, 0.2) is 0 Å². The number of hydrogen-bond donors (Lipinski definition) is 2. The number of aliphatic hydroxyl groups is 1. The second-order valence-corrected chi connectivity index (χ2v) is 15.4. The summed E-state index contributed by atoms with van der Waals surface area (Å²) in [4.78, 5) is 31.9. The summed E-state index contributed by atoms with van der Waals surface area (Å²) in [5.74, 6) is 0.605. The highest BCUT2D eigenvalue weighted by Crippen LogP contribution is 2.28. The summed E-state index contributed by atoms with van der Waals surface area (Å²) in [6.07, 6.45) is 5.25. The number of amides is 2. The average molecular weight is 661 g/mol. The molecule has 2 N–H and O–H groups in total. The quantitative estimate of drug-likeness (QED) is 0.344. The van der Waals surface area contributed by atoms with Gasteiger partial charge in [-0.2, -0.15) is 0 Å². The summed E-state index contributed by atoms with van der Waals surface area (Å²) >= 11 is 6.46. The first-order valence-corrected chi connectivity index (χ1v) is 17.9. The number of aryl methyl sites for hydroxylation is 1. The fraction of sp³-hybridized carbons (Fsp3) is 0.588. The maximum Gasteiger partial charge on any atom is 0.241 e. The molecule has 2 aromatic carbocycles. The molecule has 0 spiro atoms. The molecule has 2 heterocycles. The molecular weight excluding hydrogens is 612 g/mol. The van der Waals surface area contributed by atoms with Crippen molar-refractivity contribution in [1.29, 1.82) is 0 Å². The third-order valence-corrected chi connectivity index (χ3v) is 11.3. The zero-order valence-corrected chi connectivity index (χ0v) is 28.7. The van der Waals surface area contributed by atoms with Crippen molar-refractivity contribution in [2.75, 3.05) is 50.8 Å². The van der Waals surface area contributed by atoms with E-state index in [9.17, 15) is 23.1 Å². The van der Waals surface area contributed by atoms with E-state index in [4.69, 9.17) is 11.6 Å². The molecule has 0 aromatic heterocycles. The van der Waals surface area contributed by atoms with Crippen LogP contribution in [0.2, 0.25) is 5.02 Å². The van der Waals surface area contributed by atoms with Gasteiger partial charge in [0.1, 0.15) is 0 Å². The molecular formula is C34H49ClN4O5S. The zero-order chi connectivity index (χ0) is 32.8. The van der Waals surface area contributed by atoms with Gasteiger partial charge in [0.05, 0.1) is 17.0 Å². The normalized spacial score (nSPS) is 17.4. The highest BCUT2D eigenvalue weighted by atomic mass is 35.5. The van der Waals surface area contributed by atoms with E-state index >= 15 is 0 Å². The second-order valence-electron chi connectivity index (χ2n) is 13.3. The van der Waals surface area contributed by atoms with E-state index < -0.39 is 15.6 Å². The molecule has 2 aliphatic heterocycles. The largest absolute Gasteiger partial charge is 0.394 e. The van der Waals surface area contributed by atoms with Gasteiger partial charge in [0.2, 0.25) is 21.8 Å². The fourth-order valence-electron chi connectivity index (χ4n) is 6.24. The first-order valence-electron chi connectivity index (χ1n) is 16.1. The molecule has 9 nitrogen and oxygen atoms in total. The van der Waals surface area contributed by atoms with E-state index in [0.29, 0.717) is 43.4 Å². The molecule has 4 rings (SSSR count). The minimum Gasteiger partial charge on any atom is -0.394 e. The van der Waals surface area contributed by atoms with Crippen molar-refractivity contribution >= 4 is 39.1 Å². The van der Waals surface area contributed by atoms with Gasteiger partial charge in [0, 0.05) is 43.2 Å². The Bertz CT molecular complexity index is 1420. The van der Waals surface area contributed by atoms with E-state index in [2.05, 4.69) is 9.62 Å². The number of sulfonamides is 1. The van der Waals surface area contributed by atoms with Crippen molar-refractivity contribution < 1.29 is 23.1 Å². The summed E-state index contributed by atoms with van der Waals surface area (Å²) in [6, 6.07) is 12.9. The van der Waals surface area contributed by atoms with Gasteiger partial charge in [0.25, 0.3) is 0 Å². The fourth-order valence-corrected chi connectivity index (χ4v) is 7.82. The van der Waals surface area contributed by atoms with Crippen LogP contribution in [0.3, 0.4) is 0 Å². The van der Waals surface area contributed by atoms with E-state index in [1.807, 2.05) is 47.1 Å². The van der Waals surface area contributed by atoms with Crippen molar-refractivity contribution in [3.05, 3.63) is 58.6 Å². The van der Waals surface area contributed by atoms with Crippen LogP contribution < -0.4 is 9.62 Å². The number of carbonyl (C=O) groups excluding carboxylic acids is 2. The first-order chi connectivity index (χ1) is 21.3. The van der Waals surface area contributed by atoms with Crippen molar-refractivity contribution in [2.45, 2.75) is 76.7 Å². The monoisotopic (exact) mass is 660 g/mol. The lowest BCUT2D eigenvalue weighted by Crippen LogP contribution is -2.46. The molecule has 11 heteroatoms. The molecule has 45 heavy (non-hydrogen) atoms. The average Bonchev–Trinajstić information content (AvgIpc) is 3.01. The van der Waals surface area contributed by atoms with Crippen LogP contribution in [0.4, 0.5) is 5.69 Å². The van der Waals surface area contributed by atoms with Crippen LogP contribution in [0.25, 0.3) is 0 Å². The Labute approximate surface area is 274 Å². The van der Waals surface area contributed by atoms with Crippen LogP contribution in [-0.4, -0.2) is 86.6 Å². The van der Waals surface area contributed by atoms with Gasteiger partial charge in [-0.1, -0.05) is 29.8 Å². The molecule has 2 aliphatic rings. The number of halogens is 1. The van der Waals surface area contributed by atoms with Gasteiger partial charge < -0.3 is 19.8 Å². The number of aliphatic hydroxyl groups excluding tert-OH is 1. The summed E-state index contributed by atoms with van der Waals surface area (Å²) < 4.78 is 27.9. The summed E-state index contributed by atoms with van der Waals surface area (Å²) in [7, 11) is -3.70. The number of benzene rings is 2. The number of piperidine rings is 2. The molecule has 248 valence electrons. The maximum atomic E-state index is 13.7. The van der Waals surface area contributed by atoms with Gasteiger partial charge in [-0.05, 0) is 120 Å². The third-order valence-electron chi connectivity index (χ3n) is 9.15. The number of rotatable bonds is 12. The van der Waals surface area contributed by atoms with Crippen LogP contribution in [0.15, 0.2) is 47.4 Å². The van der Waals surface area contributed by atoms with Crippen LogP contribution in [-0.2, 0) is 26.0 Å². The molecule has 2 fully saturated rings. The summed E-state index contributed by atoms with van der Waals surface area (Å²) in [5, 5.41) is 10.1. The molecule has 2 amide bonds. The Hall–Kier alpha value is -2.50. The van der Waals surface area contributed by atoms with Crippen LogP contribution >= 0.6 is 11.6 Å². The SMILES string of the molecule is CC(=O)N1CCC(C(=O)N(CCCN2CCC(Cc3ccc(S(=O)(=O)NC(C)(C)CO)cc3)CC2)c2ccc(C)c(Cl)c2)CC1. The molecule has 0 aliphatic carbocycles. The van der Waals surface area contributed by atoms with Gasteiger partial charge in [-0.3, -0.25) is 9.59 Å². The second kappa shape index (κ2) is 15.4. The van der Waals surface area contributed by atoms with E-state index in [0.717, 1.165) is 62.1 Å². The molecule has 0 radical (unpaired) electrons.